The Morgan fingerprint density at radius 2 is 1.79 bits per heavy atom. The van der Waals surface area contributed by atoms with Crippen LogP contribution in [0.15, 0.2) is 54.7 Å². The molecule has 0 radical (unpaired) electrons. The maximum Gasteiger partial charge on any atom is 0.243 e. The Hall–Kier alpha value is -2.24. The molecule has 2 fully saturated rings. The monoisotopic (exact) mass is 393 g/mol. The first-order valence-corrected chi connectivity index (χ1v) is 10.8. The lowest BCUT2D eigenvalue weighted by atomic mass is 9.85. The molecule has 0 bridgehead atoms. The van der Waals surface area contributed by atoms with E-state index in [1.165, 1.54) is 5.56 Å². The van der Waals surface area contributed by atoms with Crippen LogP contribution in [0, 0.1) is 0 Å². The molecule has 5 nitrogen and oxygen atoms in total. The molecule has 2 aliphatic heterocycles. The number of likely N-dealkylation sites (tertiary alicyclic amines) is 2. The van der Waals surface area contributed by atoms with Crippen LogP contribution in [-0.4, -0.2) is 52.5 Å². The summed E-state index contributed by atoms with van der Waals surface area (Å²) >= 11 is 0. The standard InChI is InChI=1S/C24H31N3O2/c28-23-24(12-6-15-26(23)19-22-11-4-5-14-25-22)13-7-16-27(24)17-8-18-29-20-21-9-2-1-3-10-21/h1-5,9-11,14H,6-8,12-13,15-20H2. The summed E-state index contributed by atoms with van der Waals surface area (Å²) < 4.78 is 5.85. The Morgan fingerprint density at radius 1 is 1.00 bits per heavy atom. The molecular weight excluding hydrogens is 362 g/mol. The van der Waals surface area contributed by atoms with E-state index in [0.717, 1.165) is 64.0 Å². The molecule has 1 atom stereocenters. The van der Waals surface area contributed by atoms with Gasteiger partial charge in [-0.1, -0.05) is 36.4 Å². The number of pyridine rings is 1. The number of carbonyl (C=O) groups excluding carboxylic acids is 1. The molecule has 0 N–H and O–H groups in total. The van der Waals surface area contributed by atoms with E-state index in [-0.39, 0.29) is 5.54 Å². The minimum atomic E-state index is -0.299. The summed E-state index contributed by atoms with van der Waals surface area (Å²) in [5.74, 6) is 0.303. The molecule has 3 heterocycles. The summed E-state index contributed by atoms with van der Waals surface area (Å²) in [5.41, 5.74) is 1.88. The van der Waals surface area contributed by atoms with E-state index in [1.54, 1.807) is 6.20 Å². The Kier molecular flexibility index (Phi) is 6.57. The van der Waals surface area contributed by atoms with Gasteiger partial charge in [0.1, 0.15) is 5.54 Å². The van der Waals surface area contributed by atoms with Crippen LogP contribution in [0.5, 0.6) is 0 Å². The van der Waals surface area contributed by atoms with E-state index in [4.69, 9.17) is 4.74 Å². The van der Waals surface area contributed by atoms with Crippen LogP contribution in [0.3, 0.4) is 0 Å². The first-order chi connectivity index (χ1) is 14.3. The number of benzene rings is 1. The molecule has 1 spiro atoms. The van der Waals surface area contributed by atoms with Gasteiger partial charge < -0.3 is 9.64 Å². The highest BCUT2D eigenvalue weighted by molar-refractivity contribution is 5.87. The average Bonchev–Trinajstić information content (AvgIpc) is 3.16. The predicted molar refractivity (Wildman–Crippen MR) is 113 cm³/mol. The van der Waals surface area contributed by atoms with Crippen molar-refractivity contribution in [2.45, 2.75) is 50.8 Å². The van der Waals surface area contributed by atoms with Gasteiger partial charge in [-0.05, 0) is 56.3 Å². The van der Waals surface area contributed by atoms with Gasteiger partial charge in [0.15, 0.2) is 0 Å². The van der Waals surface area contributed by atoms with Crippen molar-refractivity contribution < 1.29 is 9.53 Å². The Balaban J connectivity index is 1.30. The second kappa shape index (κ2) is 9.51. The topological polar surface area (TPSA) is 45.7 Å². The number of carbonyl (C=O) groups is 1. The molecule has 2 aromatic rings. The fourth-order valence-electron chi connectivity index (χ4n) is 4.81. The fraction of sp³-hybridized carbons (Fsp3) is 0.500. The highest BCUT2D eigenvalue weighted by Crippen LogP contribution is 2.38. The van der Waals surface area contributed by atoms with Crippen molar-refractivity contribution in [1.82, 2.24) is 14.8 Å². The zero-order valence-corrected chi connectivity index (χ0v) is 17.1. The minimum Gasteiger partial charge on any atom is -0.377 e. The summed E-state index contributed by atoms with van der Waals surface area (Å²) in [6.07, 6.45) is 6.90. The highest BCUT2D eigenvalue weighted by Gasteiger charge is 2.50. The largest absolute Gasteiger partial charge is 0.377 e. The van der Waals surface area contributed by atoms with Gasteiger partial charge in [0.2, 0.25) is 5.91 Å². The molecule has 2 saturated heterocycles. The summed E-state index contributed by atoms with van der Waals surface area (Å²) in [7, 11) is 0. The van der Waals surface area contributed by atoms with Crippen LogP contribution in [0.25, 0.3) is 0 Å². The molecule has 1 amide bonds. The molecule has 2 aliphatic rings. The van der Waals surface area contributed by atoms with Crippen LogP contribution in [-0.2, 0) is 22.7 Å². The van der Waals surface area contributed by atoms with Gasteiger partial charge >= 0.3 is 0 Å². The molecule has 0 saturated carbocycles. The van der Waals surface area contributed by atoms with Gasteiger partial charge in [-0.2, -0.15) is 0 Å². The van der Waals surface area contributed by atoms with Crippen LogP contribution in [0.1, 0.15) is 43.4 Å². The predicted octanol–water partition coefficient (Wildman–Crippen LogP) is 3.65. The third-order valence-electron chi connectivity index (χ3n) is 6.23. The smallest absolute Gasteiger partial charge is 0.243 e. The van der Waals surface area contributed by atoms with Crippen molar-refractivity contribution in [3.8, 4) is 0 Å². The zero-order valence-electron chi connectivity index (χ0n) is 17.1. The fourth-order valence-corrected chi connectivity index (χ4v) is 4.81. The first kappa shape index (κ1) is 20.0. The number of ether oxygens (including phenoxy) is 1. The summed E-state index contributed by atoms with van der Waals surface area (Å²) in [5, 5.41) is 0. The number of nitrogens with zero attached hydrogens (tertiary/aromatic N) is 3. The van der Waals surface area contributed by atoms with E-state index in [1.807, 2.05) is 41.3 Å². The lowest BCUT2D eigenvalue weighted by Crippen LogP contribution is -2.59. The lowest BCUT2D eigenvalue weighted by molar-refractivity contribution is -0.148. The van der Waals surface area contributed by atoms with Crippen LogP contribution >= 0.6 is 0 Å². The van der Waals surface area contributed by atoms with E-state index < -0.39 is 0 Å². The Morgan fingerprint density at radius 3 is 2.59 bits per heavy atom. The third kappa shape index (κ3) is 4.68. The molecule has 4 rings (SSSR count). The molecule has 0 aliphatic carbocycles. The second-order valence-corrected chi connectivity index (χ2v) is 8.17. The van der Waals surface area contributed by atoms with Crippen LogP contribution in [0.4, 0.5) is 0 Å². The summed E-state index contributed by atoms with van der Waals surface area (Å²) in [6.45, 7) is 4.79. The molecule has 29 heavy (non-hydrogen) atoms. The molecule has 1 aromatic carbocycles. The number of hydrogen-bond donors (Lipinski definition) is 0. The second-order valence-electron chi connectivity index (χ2n) is 8.17. The third-order valence-corrected chi connectivity index (χ3v) is 6.23. The molecule has 1 unspecified atom stereocenters. The quantitative estimate of drug-likeness (QED) is 0.643. The molecule has 5 heteroatoms. The molecule has 154 valence electrons. The number of amides is 1. The number of piperidine rings is 1. The lowest BCUT2D eigenvalue weighted by Gasteiger charge is -2.44. The SMILES string of the molecule is O=C1N(Cc2ccccn2)CCCC12CCCN2CCCOCc1ccccc1. The van der Waals surface area contributed by atoms with Crippen LogP contribution < -0.4 is 0 Å². The summed E-state index contributed by atoms with van der Waals surface area (Å²) in [6, 6.07) is 16.2. The van der Waals surface area contributed by atoms with Crippen molar-refractivity contribution in [2.75, 3.05) is 26.2 Å². The van der Waals surface area contributed by atoms with Gasteiger partial charge in [-0.3, -0.25) is 14.7 Å². The summed E-state index contributed by atoms with van der Waals surface area (Å²) in [4.78, 5) is 22.3. The van der Waals surface area contributed by atoms with Crippen LogP contribution in [0.2, 0.25) is 0 Å². The molecule has 1 aromatic heterocycles. The number of rotatable bonds is 8. The van der Waals surface area contributed by atoms with E-state index in [2.05, 4.69) is 22.0 Å². The normalized spacial score (nSPS) is 22.5. The number of aromatic nitrogens is 1. The van der Waals surface area contributed by atoms with Gasteiger partial charge in [-0.25, -0.2) is 0 Å². The number of hydrogen-bond acceptors (Lipinski definition) is 4. The maximum absolute atomic E-state index is 13.5. The van der Waals surface area contributed by atoms with Gasteiger partial charge in [0, 0.05) is 25.9 Å². The van der Waals surface area contributed by atoms with Crippen molar-refractivity contribution in [2.24, 2.45) is 0 Å². The van der Waals surface area contributed by atoms with Gasteiger partial charge in [-0.15, -0.1) is 0 Å². The maximum atomic E-state index is 13.5. The average molecular weight is 394 g/mol. The van der Waals surface area contributed by atoms with Gasteiger partial charge in [0.05, 0.1) is 18.8 Å². The van der Waals surface area contributed by atoms with E-state index >= 15 is 0 Å². The van der Waals surface area contributed by atoms with Crippen molar-refractivity contribution in [1.29, 1.82) is 0 Å². The first-order valence-electron chi connectivity index (χ1n) is 10.8. The van der Waals surface area contributed by atoms with E-state index in [0.29, 0.717) is 19.1 Å². The van der Waals surface area contributed by atoms with Crippen molar-refractivity contribution >= 4 is 5.91 Å². The Labute approximate surface area is 173 Å². The van der Waals surface area contributed by atoms with Crippen molar-refractivity contribution in [3.05, 3.63) is 66.0 Å². The minimum absolute atomic E-state index is 0.299. The Bertz CT molecular complexity index is 783. The van der Waals surface area contributed by atoms with Crippen molar-refractivity contribution in [3.63, 3.8) is 0 Å². The van der Waals surface area contributed by atoms with Gasteiger partial charge in [0.25, 0.3) is 0 Å². The zero-order chi connectivity index (χ0) is 19.9. The van der Waals surface area contributed by atoms with E-state index in [9.17, 15) is 4.79 Å². The molecular formula is C24H31N3O2. The highest BCUT2D eigenvalue weighted by atomic mass is 16.5.